The van der Waals surface area contributed by atoms with E-state index >= 15 is 0 Å². The van der Waals surface area contributed by atoms with Gasteiger partial charge in [-0.2, -0.15) is 9.40 Å². The van der Waals surface area contributed by atoms with E-state index in [1.165, 1.54) is 36.0 Å². The number of nitrogens with zero attached hydrogens (tertiary/aromatic N) is 3. The van der Waals surface area contributed by atoms with Gasteiger partial charge in [0, 0.05) is 32.6 Å². The van der Waals surface area contributed by atoms with Crippen LogP contribution in [0.3, 0.4) is 0 Å². The van der Waals surface area contributed by atoms with Crippen LogP contribution in [0.2, 0.25) is 0 Å². The van der Waals surface area contributed by atoms with Crippen LogP contribution in [0.1, 0.15) is 11.3 Å². The van der Waals surface area contributed by atoms with Gasteiger partial charge in [-0.15, -0.1) is 8.78 Å². The Labute approximate surface area is 146 Å². The van der Waals surface area contributed by atoms with Crippen molar-refractivity contribution in [1.82, 2.24) is 14.1 Å². The minimum atomic E-state index is -4.14. The maximum Gasteiger partial charge on any atom is 0.586 e. The predicted octanol–water partition coefficient (Wildman–Crippen LogP) is 0.849. The van der Waals surface area contributed by atoms with Crippen LogP contribution in [0.25, 0.3) is 0 Å². The van der Waals surface area contributed by atoms with Crippen molar-refractivity contribution in [3.05, 3.63) is 45.9 Å². The van der Waals surface area contributed by atoms with Gasteiger partial charge in [0.1, 0.15) is 4.90 Å². The molecule has 0 N–H and O–H groups in total. The Balaban J connectivity index is 1.72. The Morgan fingerprint density at radius 1 is 1.27 bits per heavy atom. The van der Waals surface area contributed by atoms with E-state index in [1.807, 2.05) is 0 Å². The van der Waals surface area contributed by atoms with Crippen LogP contribution in [-0.2, 0) is 30.0 Å². The molecule has 26 heavy (non-hydrogen) atoms. The summed E-state index contributed by atoms with van der Waals surface area (Å²) in [7, 11) is -2.63. The van der Waals surface area contributed by atoms with Gasteiger partial charge in [0.15, 0.2) is 11.5 Å². The quantitative estimate of drug-likeness (QED) is 0.761. The highest BCUT2D eigenvalue weighted by Crippen LogP contribution is 2.45. The SMILES string of the molecule is Cn1nc2c(cc1=O)CN(S(=O)(=O)c1cccc3c1OC(F)(F)O3)CC2. The molecule has 0 radical (unpaired) electrons. The summed E-state index contributed by atoms with van der Waals surface area (Å²) in [6.45, 7) is 0.0170. The summed E-state index contributed by atoms with van der Waals surface area (Å²) in [6, 6.07) is 5.00. The second kappa shape index (κ2) is 5.48. The molecule has 0 fully saturated rings. The molecule has 1 aromatic heterocycles. The molecular formula is C15H13F2N3O5S. The lowest BCUT2D eigenvalue weighted by Crippen LogP contribution is -2.38. The van der Waals surface area contributed by atoms with Gasteiger partial charge in [0.2, 0.25) is 10.0 Å². The molecule has 0 aliphatic carbocycles. The lowest BCUT2D eigenvalue weighted by Gasteiger charge is -2.27. The van der Waals surface area contributed by atoms with E-state index in [-0.39, 0.29) is 24.4 Å². The third kappa shape index (κ3) is 2.63. The zero-order valence-corrected chi connectivity index (χ0v) is 14.3. The van der Waals surface area contributed by atoms with Crippen molar-refractivity contribution in [3.63, 3.8) is 0 Å². The highest BCUT2D eigenvalue weighted by atomic mass is 32.2. The third-order valence-electron chi connectivity index (χ3n) is 4.21. The molecule has 3 heterocycles. The Bertz CT molecular complexity index is 1070. The van der Waals surface area contributed by atoms with Crippen molar-refractivity contribution in [2.45, 2.75) is 24.2 Å². The molecule has 11 heteroatoms. The van der Waals surface area contributed by atoms with E-state index < -0.39 is 27.0 Å². The molecule has 0 amide bonds. The molecule has 0 unspecified atom stereocenters. The van der Waals surface area contributed by atoms with E-state index in [1.54, 1.807) is 0 Å². The number of rotatable bonds is 2. The van der Waals surface area contributed by atoms with Gasteiger partial charge in [0.05, 0.1) is 5.69 Å². The molecule has 2 aromatic rings. The number of halogens is 2. The summed E-state index contributed by atoms with van der Waals surface area (Å²) < 4.78 is 63.6. The highest BCUT2D eigenvalue weighted by molar-refractivity contribution is 7.89. The maximum atomic E-state index is 13.3. The Kier molecular flexibility index (Phi) is 3.57. The molecule has 2 aliphatic rings. The first-order valence-electron chi connectivity index (χ1n) is 7.62. The number of ether oxygens (including phenoxy) is 2. The molecule has 0 spiro atoms. The highest BCUT2D eigenvalue weighted by Gasteiger charge is 2.46. The molecule has 0 bridgehead atoms. The van der Waals surface area contributed by atoms with Crippen molar-refractivity contribution >= 4 is 10.0 Å². The maximum absolute atomic E-state index is 13.3. The summed E-state index contributed by atoms with van der Waals surface area (Å²) in [6.07, 6.45) is -3.62. The van der Waals surface area contributed by atoms with Gasteiger partial charge >= 0.3 is 6.29 Å². The van der Waals surface area contributed by atoms with Gasteiger partial charge < -0.3 is 9.47 Å². The lowest BCUT2D eigenvalue weighted by atomic mass is 10.1. The van der Waals surface area contributed by atoms with Crippen LogP contribution in [0.5, 0.6) is 11.5 Å². The van der Waals surface area contributed by atoms with E-state index in [2.05, 4.69) is 14.6 Å². The van der Waals surface area contributed by atoms with E-state index in [0.29, 0.717) is 17.7 Å². The monoisotopic (exact) mass is 385 g/mol. The summed E-state index contributed by atoms with van der Waals surface area (Å²) in [5.41, 5.74) is 0.751. The zero-order valence-electron chi connectivity index (χ0n) is 13.5. The molecular weight excluding hydrogens is 372 g/mol. The third-order valence-corrected chi connectivity index (χ3v) is 6.08. The summed E-state index contributed by atoms with van der Waals surface area (Å²) in [5, 5.41) is 4.12. The summed E-state index contributed by atoms with van der Waals surface area (Å²) >= 11 is 0. The Hall–Kier alpha value is -2.53. The number of sulfonamides is 1. The number of aryl methyl sites for hydroxylation is 1. The molecule has 2 aliphatic heterocycles. The smallest absolute Gasteiger partial charge is 0.395 e. The van der Waals surface area contributed by atoms with Crippen molar-refractivity contribution in [3.8, 4) is 11.5 Å². The van der Waals surface area contributed by atoms with Crippen LogP contribution in [0, 0.1) is 0 Å². The molecule has 0 saturated carbocycles. The van der Waals surface area contributed by atoms with Gasteiger partial charge in [-0.25, -0.2) is 13.1 Å². The Morgan fingerprint density at radius 3 is 2.81 bits per heavy atom. The number of para-hydroxylation sites is 1. The van der Waals surface area contributed by atoms with Crippen molar-refractivity contribution < 1.29 is 26.7 Å². The number of benzene rings is 1. The lowest BCUT2D eigenvalue weighted by molar-refractivity contribution is -0.287. The molecule has 8 nitrogen and oxygen atoms in total. The van der Waals surface area contributed by atoms with Gasteiger partial charge in [0.25, 0.3) is 5.56 Å². The second-order valence-electron chi connectivity index (χ2n) is 5.92. The fourth-order valence-corrected chi connectivity index (χ4v) is 4.51. The Morgan fingerprint density at radius 2 is 2.04 bits per heavy atom. The number of aromatic nitrogens is 2. The minimum Gasteiger partial charge on any atom is -0.395 e. The predicted molar refractivity (Wildman–Crippen MR) is 83.4 cm³/mol. The van der Waals surface area contributed by atoms with Crippen LogP contribution in [-0.4, -0.2) is 35.3 Å². The first kappa shape index (κ1) is 16.9. The fourth-order valence-electron chi connectivity index (χ4n) is 2.96. The standard InChI is InChI=1S/C15H13F2N3O5S/c1-19-13(21)7-9-8-20(6-5-10(9)18-19)26(22,23)12-4-2-3-11-14(12)25-15(16,17)24-11/h2-4,7H,5-6,8H2,1H3. The number of hydrogen-bond acceptors (Lipinski definition) is 6. The zero-order chi connectivity index (χ0) is 18.7. The van der Waals surface area contributed by atoms with Crippen LogP contribution >= 0.6 is 0 Å². The largest absolute Gasteiger partial charge is 0.586 e. The first-order valence-corrected chi connectivity index (χ1v) is 9.06. The summed E-state index contributed by atoms with van der Waals surface area (Å²) in [4.78, 5) is 11.3. The molecule has 0 atom stereocenters. The van der Waals surface area contributed by atoms with Gasteiger partial charge in [-0.05, 0) is 17.7 Å². The number of hydrogen-bond donors (Lipinski definition) is 0. The molecule has 0 saturated heterocycles. The fraction of sp³-hybridized carbons (Fsp3) is 0.333. The summed E-state index contributed by atoms with van der Waals surface area (Å²) in [5.74, 6) is -0.866. The van der Waals surface area contributed by atoms with Crippen molar-refractivity contribution in [1.29, 1.82) is 0 Å². The number of fused-ring (bicyclic) bond motifs is 2. The molecule has 1 aromatic carbocycles. The topological polar surface area (TPSA) is 90.7 Å². The van der Waals surface area contributed by atoms with Crippen molar-refractivity contribution in [2.24, 2.45) is 7.05 Å². The number of alkyl halides is 2. The van der Waals surface area contributed by atoms with Crippen LogP contribution in [0.4, 0.5) is 8.78 Å². The average Bonchev–Trinajstić information content (AvgIpc) is 2.88. The van der Waals surface area contributed by atoms with Gasteiger partial charge in [-0.1, -0.05) is 6.07 Å². The van der Waals surface area contributed by atoms with Crippen LogP contribution < -0.4 is 15.0 Å². The molecule has 4 rings (SSSR count). The van der Waals surface area contributed by atoms with E-state index in [9.17, 15) is 22.0 Å². The van der Waals surface area contributed by atoms with Gasteiger partial charge in [-0.3, -0.25) is 4.79 Å². The normalized spacial score (nSPS) is 18.6. The van der Waals surface area contributed by atoms with E-state index in [4.69, 9.17) is 0 Å². The van der Waals surface area contributed by atoms with E-state index in [0.717, 1.165) is 4.31 Å². The van der Waals surface area contributed by atoms with Crippen LogP contribution in [0.15, 0.2) is 34.0 Å². The second-order valence-corrected chi connectivity index (χ2v) is 7.82. The van der Waals surface area contributed by atoms with Crippen molar-refractivity contribution in [2.75, 3.05) is 6.54 Å². The first-order chi connectivity index (χ1) is 12.2. The average molecular weight is 385 g/mol. The minimum absolute atomic E-state index is 0.0817. The molecule has 138 valence electrons.